The number of amides is 1. The summed E-state index contributed by atoms with van der Waals surface area (Å²) in [4.78, 5) is 13.6. The minimum atomic E-state index is -0.0208. The Morgan fingerprint density at radius 1 is 1.14 bits per heavy atom. The summed E-state index contributed by atoms with van der Waals surface area (Å²) in [7, 11) is 0. The van der Waals surface area contributed by atoms with Crippen molar-refractivity contribution < 1.29 is 4.79 Å². The number of carbonyl (C=O) groups excluding carboxylic acids is 1. The van der Waals surface area contributed by atoms with Crippen LogP contribution in [0, 0.1) is 0 Å². The molecule has 0 saturated heterocycles. The Bertz CT molecular complexity index is 610. The number of halogens is 1. The molecule has 0 atom stereocenters. The highest BCUT2D eigenvalue weighted by atomic mass is 35.5. The van der Waals surface area contributed by atoms with E-state index < -0.39 is 0 Å². The van der Waals surface area contributed by atoms with E-state index >= 15 is 0 Å². The molecular formula is C16H16ClNOS2. The van der Waals surface area contributed by atoms with Crippen molar-refractivity contribution in [2.24, 2.45) is 0 Å². The summed E-state index contributed by atoms with van der Waals surface area (Å²) in [6.07, 6.45) is 2.59. The third-order valence-corrected chi connectivity index (χ3v) is 4.65. The van der Waals surface area contributed by atoms with E-state index in [1.54, 1.807) is 11.3 Å². The van der Waals surface area contributed by atoms with Gasteiger partial charge in [0.15, 0.2) is 0 Å². The number of nitrogens with one attached hydrogen (secondary N) is 1. The van der Waals surface area contributed by atoms with Crippen LogP contribution in [0.2, 0.25) is 5.02 Å². The van der Waals surface area contributed by atoms with E-state index in [2.05, 4.69) is 5.32 Å². The third-order valence-electron chi connectivity index (χ3n) is 3.04. The molecule has 0 spiro atoms. The first kappa shape index (κ1) is 16.1. The molecule has 2 aromatic rings. The summed E-state index contributed by atoms with van der Waals surface area (Å²) in [5.41, 5.74) is 1.05. The molecule has 110 valence electrons. The molecule has 0 radical (unpaired) electrons. The van der Waals surface area contributed by atoms with Crippen LogP contribution in [0.5, 0.6) is 0 Å². The Kier molecular flexibility index (Phi) is 6.36. The van der Waals surface area contributed by atoms with Gasteiger partial charge in [-0.3, -0.25) is 4.79 Å². The van der Waals surface area contributed by atoms with Crippen molar-refractivity contribution in [3.63, 3.8) is 0 Å². The van der Waals surface area contributed by atoms with Crippen LogP contribution in [-0.4, -0.2) is 10.9 Å². The van der Waals surface area contributed by atoms with E-state index in [1.165, 1.54) is 4.88 Å². The molecule has 2 rings (SSSR count). The smallest absolute Gasteiger partial charge is 0.225 e. The average molecular weight is 338 g/mol. The van der Waals surface area contributed by atoms with Crippen molar-refractivity contribution in [3.8, 4) is 0 Å². The van der Waals surface area contributed by atoms with Crippen LogP contribution in [0.25, 0.3) is 0 Å². The monoisotopic (exact) mass is 337 g/mol. The number of benzene rings is 1. The van der Waals surface area contributed by atoms with Gasteiger partial charge in [0, 0.05) is 22.7 Å². The zero-order valence-electron chi connectivity index (χ0n) is 11.5. The number of aryl methyl sites for hydroxylation is 2. The summed E-state index contributed by atoms with van der Waals surface area (Å²) in [6.45, 7) is 0. The molecule has 0 aliphatic rings. The summed E-state index contributed by atoms with van der Waals surface area (Å²) < 4.78 is 0. The van der Waals surface area contributed by atoms with Gasteiger partial charge in [0.2, 0.25) is 5.91 Å². The number of rotatable bonds is 6. The Morgan fingerprint density at radius 2 is 1.95 bits per heavy atom. The lowest BCUT2D eigenvalue weighted by atomic mass is 10.1. The van der Waals surface area contributed by atoms with Gasteiger partial charge in [-0.25, -0.2) is 0 Å². The Morgan fingerprint density at radius 3 is 2.67 bits per heavy atom. The fraction of sp³-hybridized carbons (Fsp3) is 0.250. The number of carbonyl (C=O) groups is 1. The highest BCUT2D eigenvalue weighted by Gasteiger charge is 2.07. The second-order valence-corrected chi connectivity index (χ2v) is 6.57. The van der Waals surface area contributed by atoms with E-state index in [4.69, 9.17) is 23.8 Å². The maximum Gasteiger partial charge on any atom is 0.225 e. The molecule has 21 heavy (non-hydrogen) atoms. The Balaban J connectivity index is 1.71. The van der Waals surface area contributed by atoms with Crippen molar-refractivity contribution >= 4 is 46.1 Å². The van der Waals surface area contributed by atoms with E-state index in [0.29, 0.717) is 17.8 Å². The number of thiophene rings is 1. The Hall–Kier alpha value is -1.23. The lowest BCUT2D eigenvalue weighted by Crippen LogP contribution is -2.29. The molecule has 5 heteroatoms. The normalized spacial score (nSPS) is 10.3. The molecule has 0 aliphatic heterocycles. The molecule has 0 bridgehead atoms. The van der Waals surface area contributed by atoms with Crippen LogP contribution < -0.4 is 5.32 Å². The van der Waals surface area contributed by atoms with Crippen LogP contribution in [-0.2, 0) is 17.6 Å². The van der Waals surface area contributed by atoms with Crippen molar-refractivity contribution in [1.82, 2.24) is 5.32 Å². The second-order valence-electron chi connectivity index (χ2n) is 4.64. The predicted molar refractivity (Wildman–Crippen MR) is 93.2 cm³/mol. The van der Waals surface area contributed by atoms with Gasteiger partial charge >= 0.3 is 0 Å². The molecule has 1 aromatic carbocycles. The van der Waals surface area contributed by atoms with Gasteiger partial charge in [0.1, 0.15) is 0 Å². The highest BCUT2D eigenvalue weighted by molar-refractivity contribution is 7.80. The first-order chi connectivity index (χ1) is 10.1. The van der Waals surface area contributed by atoms with Crippen LogP contribution in [0.4, 0.5) is 0 Å². The van der Waals surface area contributed by atoms with Crippen molar-refractivity contribution in [2.75, 3.05) is 0 Å². The van der Waals surface area contributed by atoms with E-state index in [0.717, 1.165) is 23.4 Å². The molecule has 1 amide bonds. The summed E-state index contributed by atoms with van der Waals surface area (Å²) >= 11 is 13.0. The maximum atomic E-state index is 11.8. The predicted octanol–water partition coefficient (Wildman–Crippen LogP) is 4.41. The van der Waals surface area contributed by atoms with Crippen molar-refractivity contribution in [2.45, 2.75) is 25.7 Å². The second kappa shape index (κ2) is 8.27. The van der Waals surface area contributed by atoms with E-state index in [9.17, 15) is 4.79 Å². The van der Waals surface area contributed by atoms with Gasteiger partial charge in [-0.05, 0) is 35.9 Å². The van der Waals surface area contributed by atoms with E-state index in [1.807, 2.05) is 41.8 Å². The van der Waals surface area contributed by atoms with Gasteiger partial charge in [-0.2, -0.15) is 0 Å². The summed E-state index contributed by atoms with van der Waals surface area (Å²) in [5.74, 6) is -0.0208. The quantitative estimate of drug-likeness (QED) is 0.791. The first-order valence-electron chi connectivity index (χ1n) is 6.73. The van der Waals surface area contributed by atoms with Gasteiger partial charge in [0.05, 0.1) is 4.99 Å². The molecular weight excluding hydrogens is 322 g/mol. The molecule has 0 fully saturated rings. The van der Waals surface area contributed by atoms with Crippen molar-refractivity contribution in [3.05, 3.63) is 57.2 Å². The van der Waals surface area contributed by atoms with E-state index in [-0.39, 0.29) is 5.91 Å². The largest absolute Gasteiger partial charge is 0.320 e. The standard InChI is InChI=1S/C16H16ClNOS2/c17-14-6-2-1-4-12(14)7-10-16(20)18-15(19)9-8-13-5-3-11-21-13/h1-6,11H,7-10H2,(H,18,19,20). The third kappa shape index (κ3) is 5.58. The highest BCUT2D eigenvalue weighted by Crippen LogP contribution is 2.16. The number of hydrogen-bond donors (Lipinski definition) is 1. The first-order valence-corrected chi connectivity index (χ1v) is 8.40. The van der Waals surface area contributed by atoms with Gasteiger partial charge in [-0.15, -0.1) is 11.3 Å². The summed E-state index contributed by atoms with van der Waals surface area (Å²) in [6, 6.07) is 11.7. The average Bonchev–Trinajstić information content (AvgIpc) is 2.97. The molecule has 0 unspecified atom stereocenters. The van der Waals surface area contributed by atoms with Crippen LogP contribution in [0.15, 0.2) is 41.8 Å². The number of hydrogen-bond acceptors (Lipinski definition) is 3. The van der Waals surface area contributed by atoms with Crippen molar-refractivity contribution in [1.29, 1.82) is 0 Å². The zero-order chi connectivity index (χ0) is 15.1. The van der Waals surface area contributed by atoms with Crippen LogP contribution >= 0.6 is 35.2 Å². The Labute approximate surface area is 139 Å². The lowest BCUT2D eigenvalue weighted by Gasteiger charge is -2.07. The van der Waals surface area contributed by atoms with Gasteiger partial charge < -0.3 is 5.32 Å². The molecule has 0 aliphatic carbocycles. The molecule has 1 aromatic heterocycles. The lowest BCUT2D eigenvalue weighted by molar-refractivity contribution is -0.119. The SMILES string of the molecule is O=C(CCc1cccs1)NC(=S)CCc1ccccc1Cl. The molecule has 1 N–H and O–H groups in total. The van der Waals surface area contributed by atoms with Crippen LogP contribution in [0.1, 0.15) is 23.3 Å². The molecule has 1 heterocycles. The number of thiocarbonyl (C=S) groups is 1. The fourth-order valence-electron chi connectivity index (χ4n) is 1.92. The fourth-order valence-corrected chi connectivity index (χ4v) is 3.08. The molecule has 2 nitrogen and oxygen atoms in total. The topological polar surface area (TPSA) is 29.1 Å². The maximum absolute atomic E-state index is 11.8. The van der Waals surface area contributed by atoms with Gasteiger partial charge in [0.25, 0.3) is 0 Å². The summed E-state index contributed by atoms with van der Waals surface area (Å²) in [5, 5.41) is 5.54. The minimum Gasteiger partial charge on any atom is -0.320 e. The van der Waals surface area contributed by atoms with Crippen LogP contribution in [0.3, 0.4) is 0 Å². The molecule has 0 saturated carbocycles. The zero-order valence-corrected chi connectivity index (χ0v) is 13.9. The minimum absolute atomic E-state index is 0.0208. The van der Waals surface area contributed by atoms with Gasteiger partial charge in [-0.1, -0.05) is 48.1 Å².